The van der Waals surface area contributed by atoms with E-state index in [4.69, 9.17) is 19.3 Å². The van der Waals surface area contributed by atoms with Crippen molar-refractivity contribution in [2.75, 3.05) is 33.0 Å². The monoisotopic (exact) mass is 204 g/mol. The maximum absolute atomic E-state index is 8.42. The molecule has 0 aromatic rings. The van der Waals surface area contributed by atoms with Crippen LogP contribution in [0.15, 0.2) is 12.8 Å². The lowest BCUT2D eigenvalue weighted by Gasteiger charge is -2.14. The standard InChI is InChI=1S/C10H20O4/c1-3-10(14-4-2)9-13-8-7-12-6-5-11/h4,10-11H,2-3,5-9H2,1H3. The first kappa shape index (κ1) is 13.4. The second-order valence-electron chi connectivity index (χ2n) is 2.74. The van der Waals surface area contributed by atoms with Crippen LogP contribution in [0.5, 0.6) is 0 Å². The third kappa shape index (κ3) is 8.04. The Bertz CT molecular complexity index is 127. The van der Waals surface area contributed by atoms with E-state index in [0.29, 0.717) is 26.4 Å². The highest BCUT2D eigenvalue weighted by Crippen LogP contribution is 1.98. The second-order valence-corrected chi connectivity index (χ2v) is 2.74. The first-order chi connectivity index (χ1) is 6.85. The van der Waals surface area contributed by atoms with E-state index in [1.54, 1.807) is 0 Å². The van der Waals surface area contributed by atoms with Gasteiger partial charge in [0.2, 0.25) is 0 Å². The number of ether oxygens (including phenoxy) is 3. The van der Waals surface area contributed by atoms with Crippen LogP contribution in [0.25, 0.3) is 0 Å². The summed E-state index contributed by atoms with van der Waals surface area (Å²) in [5.41, 5.74) is 0. The third-order valence-corrected chi connectivity index (χ3v) is 1.66. The van der Waals surface area contributed by atoms with E-state index in [9.17, 15) is 0 Å². The molecule has 0 radical (unpaired) electrons. The fraction of sp³-hybridized carbons (Fsp3) is 0.800. The second kappa shape index (κ2) is 10.5. The Hall–Kier alpha value is -0.580. The molecule has 0 saturated heterocycles. The highest BCUT2D eigenvalue weighted by Gasteiger charge is 2.04. The molecule has 0 fully saturated rings. The van der Waals surface area contributed by atoms with Crippen molar-refractivity contribution in [3.05, 3.63) is 12.8 Å². The lowest BCUT2D eigenvalue weighted by atomic mass is 10.3. The van der Waals surface area contributed by atoms with Crippen molar-refractivity contribution in [1.29, 1.82) is 0 Å². The largest absolute Gasteiger partial charge is 0.496 e. The Morgan fingerprint density at radius 2 is 2.00 bits per heavy atom. The van der Waals surface area contributed by atoms with Crippen molar-refractivity contribution >= 4 is 0 Å². The van der Waals surface area contributed by atoms with Gasteiger partial charge < -0.3 is 19.3 Å². The van der Waals surface area contributed by atoms with Gasteiger partial charge in [-0.25, -0.2) is 0 Å². The Balaban J connectivity index is 3.19. The number of aliphatic hydroxyl groups is 1. The molecular weight excluding hydrogens is 184 g/mol. The maximum Gasteiger partial charge on any atom is 0.121 e. The summed E-state index contributed by atoms with van der Waals surface area (Å²) >= 11 is 0. The maximum atomic E-state index is 8.42. The van der Waals surface area contributed by atoms with E-state index < -0.39 is 0 Å². The summed E-state index contributed by atoms with van der Waals surface area (Å²) in [5.74, 6) is 0. The smallest absolute Gasteiger partial charge is 0.121 e. The fourth-order valence-corrected chi connectivity index (χ4v) is 0.889. The molecule has 0 aromatic carbocycles. The van der Waals surface area contributed by atoms with Crippen molar-refractivity contribution in [3.8, 4) is 0 Å². The van der Waals surface area contributed by atoms with Gasteiger partial charge in [0.1, 0.15) is 6.10 Å². The van der Waals surface area contributed by atoms with Gasteiger partial charge >= 0.3 is 0 Å². The van der Waals surface area contributed by atoms with E-state index in [0.717, 1.165) is 6.42 Å². The molecule has 0 aromatic heterocycles. The van der Waals surface area contributed by atoms with Crippen molar-refractivity contribution in [2.45, 2.75) is 19.4 Å². The van der Waals surface area contributed by atoms with Gasteiger partial charge in [0.25, 0.3) is 0 Å². The molecule has 1 unspecified atom stereocenters. The van der Waals surface area contributed by atoms with E-state index in [-0.39, 0.29) is 12.7 Å². The van der Waals surface area contributed by atoms with Crippen molar-refractivity contribution in [1.82, 2.24) is 0 Å². The van der Waals surface area contributed by atoms with Crippen LogP contribution < -0.4 is 0 Å². The van der Waals surface area contributed by atoms with E-state index in [1.807, 2.05) is 6.92 Å². The molecule has 0 aliphatic heterocycles. The third-order valence-electron chi connectivity index (χ3n) is 1.66. The van der Waals surface area contributed by atoms with Gasteiger partial charge in [-0.15, -0.1) is 0 Å². The van der Waals surface area contributed by atoms with E-state index in [2.05, 4.69) is 6.58 Å². The number of hydrogen-bond donors (Lipinski definition) is 1. The highest BCUT2D eigenvalue weighted by atomic mass is 16.5. The molecule has 14 heavy (non-hydrogen) atoms. The van der Waals surface area contributed by atoms with Crippen LogP contribution in [0, 0.1) is 0 Å². The normalized spacial score (nSPS) is 12.4. The number of aliphatic hydroxyl groups excluding tert-OH is 1. The summed E-state index contributed by atoms with van der Waals surface area (Å²) in [6, 6.07) is 0. The molecule has 0 spiro atoms. The fourth-order valence-electron chi connectivity index (χ4n) is 0.889. The molecule has 84 valence electrons. The Morgan fingerprint density at radius 1 is 1.29 bits per heavy atom. The van der Waals surface area contributed by atoms with Gasteiger partial charge in [0.05, 0.1) is 39.3 Å². The van der Waals surface area contributed by atoms with Gasteiger partial charge in [-0.1, -0.05) is 13.5 Å². The Labute approximate surface area is 85.5 Å². The lowest BCUT2D eigenvalue weighted by molar-refractivity contribution is -0.00718. The Kier molecular flexibility index (Phi) is 10.1. The minimum atomic E-state index is 0.0527. The van der Waals surface area contributed by atoms with Gasteiger partial charge in [0.15, 0.2) is 0 Å². The quantitative estimate of drug-likeness (QED) is 0.425. The average molecular weight is 204 g/mol. The molecule has 0 heterocycles. The predicted octanol–water partition coefficient (Wildman–Crippen LogP) is 0.951. The van der Waals surface area contributed by atoms with Crippen LogP contribution in [-0.2, 0) is 14.2 Å². The minimum absolute atomic E-state index is 0.0527. The molecule has 4 nitrogen and oxygen atoms in total. The number of hydrogen-bond acceptors (Lipinski definition) is 4. The van der Waals surface area contributed by atoms with Gasteiger partial charge in [-0.2, -0.15) is 0 Å². The van der Waals surface area contributed by atoms with Crippen LogP contribution >= 0.6 is 0 Å². The van der Waals surface area contributed by atoms with Crippen LogP contribution in [0.1, 0.15) is 13.3 Å². The zero-order chi connectivity index (χ0) is 10.6. The highest BCUT2D eigenvalue weighted by molar-refractivity contribution is 4.59. The first-order valence-corrected chi connectivity index (χ1v) is 4.87. The summed E-state index contributed by atoms with van der Waals surface area (Å²) in [4.78, 5) is 0. The molecule has 0 aliphatic rings. The minimum Gasteiger partial charge on any atom is -0.496 e. The van der Waals surface area contributed by atoms with E-state index in [1.165, 1.54) is 6.26 Å². The topological polar surface area (TPSA) is 47.9 Å². The van der Waals surface area contributed by atoms with Crippen LogP contribution in [0.2, 0.25) is 0 Å². The van der Waals surface area contributed by atoms with Crippen molar-refractivity contribution in [2.24, 2.45) is 0 Å². The average Bonchev–Trinajstić information content (AvgIpc) is 2.21. The zero-order valence-corrected chi connectivity index (χ0v) is 8.78. The summed E-state index contributed by atoms with van der Waals surface area (Å²) in [6.07, 6.45) is 2.40. The van der Waals surface area contributed by atoms with Crippen LogP contribution in [-0.4, -0.2) is 44.2 Å². The van der Waals surface area contributed by atoms with Crippen LogP contribution in [0.3, 0.4) is 0 Å². The molecule has 0 amide bonds. The van der Waals surface area contributed by atoms with Crippen LogP contribution in [0.4, 0.5) is 0 Å². The Morgan fingerprint density at radius 3 is 2.57 bits per heavy atom. The molecule has 1 atom stereocenters. The SMILES string of the molecule is C=COC(CC)COCCOCCO. The predicted molar refractivity (Wildman–Crippen MR) is 54.1 cm³/mol. The molecular formula is C10H20O4. The zero-order valence-electron chi connectivity index (χ0n) is 8.78. The molecule has 4 heteroatoms. The summed E-state index contributed by atoms with van der Waals surface area (Å²) < 4.78 is 15.5. The van der Waals surface area contributed by atoms with Gasteiger partial charge in [-0.3, -0.25) is 0 Å². The molecule has 0 aliphatic carbocycles. The molecule has 0 rings (SSSR count). The lowest BCUT2D eigenvalue weighted by Crippen LogP contribution is -2.18. The molecule has 0 saturated carbocycles. The first-order valence-electron chi connectivity index (χ1n) is 4.87. The van der Waals surface area contributed by atoms with Crippen molar-refractivity contribution < 1.29 is 19.3 Å². The molecule has 0 bridgehead atoms. The van der Waals surface area contributed by atoms with Gasteiger partial charge in [-0.05, 0) is 6.42 Å². The summed E-state index contributed by atoms with van der Waals surface area (Å²) in [6.45, 7) is 7.51. The van der Waals surface area contributed by atoms with E-state index >= 15 is 0 Å². The molecule has 1 N–H and O–H groups in total. The summed E-state index contributed by atoms with van der Waals surface area (Å²) in [7, 11) is 0. The summed E-state index contributed by atoms with van der Waals surface area (Å²) in [5, 5.41) is 8.42. The van der Waals surface area contributed by atoms with Gasteiger partial charge in [0, 0.05) is 0 Å². The number of rotatable bonds is 10. The van der Waals surface area contributed by atoms with Crippen molar-refractivity contribution in [3.63, 3.8) is 0 Å².